The topological polar surface area (TPSA) is 85.1 Å². The number of hydrogen-bond acceptors (Lipinski definition) is 4. The Morgan fingerprint density at radius 2 is 2.09 bits per heavy atom. The first-order chi connectivity index (χ1) is 10.5. The molecule has 0 radical (unpaired) electrons. The molecule has 0 saturated heterocycles. The summed E-state index contributed by atoms with van der Waals surface area (Å²) >= 11 is 0. The van der Waals surface area contributed by atoms with Crippen LogP contribution in [0.5, 0.6) is 0 Å². The van der Waals surface area contributed by atoms with Crippen LogP contribution in [0.1, 0.15) is 24.8 Å². The van der Waals surface area contributed by atoms with Crippen molar-refractivity contribution in [2.75, 3.05) is 6.54 Å². The zero-order valence-corrected chi connectivity index (χ0v) is 14.7. The van der Waals surface area contributed by atoms with Crippen molar-refractivity contribution < 1.29 is 8.42 Å². The second kappa shape index (κ2) is 7.13. The molecule has 0 aliphatic heterocycles. The van der Waals surface area contributed by atoms with Crippen molar-refractivity contribution in [1.82, 2.24) is 9.71 Å². The molecule has 2 unspecified atom stereocenters. The maximum Gasteiger partial charge on any atom is 0.241 e. The fraction of sp³-hybridized carbons (Fsp3) is 0.438. The van der Waals surface area contributed by atoms with Crippen LogP contribution in [0.25, 0.3) is 10.9 Å². The van der Waals surface area contributed by atoms with Crippen molar-refractivity contribution in [2.45, 2.75) is 37.1 Å². The van der Waals surface area contributed by atoms with Crippen molar-refractivity contribution in [1.29, 1.82) is 0 Å². The van der Waals surface area contributed by atoms with Gasteiger partial charge in [-0.3, -0.25) is 4.98 Å². The molecule has 1 aliphatic carbocycles. The predicted molar refractivity (Wildman–Crippen MR) is 94.2 cm³/mol. The third-order valence-electron chi connectivity index (χ3n) is 4.49. The van der Waals surface area contributed by atoms with Crippen LogP contribution in [0.15, 0.2) is 35.4 Å². The number of halogens is 1. The van der Waals surface area contributed by atoms with Crippen molar-refractivity contribution in [3.05, 3.63) is 36.0 Å². The maximum atomic E-state index is 12.8. The molecule has 1 aromatic heterocycles. The smallest absolute Gasteiger partial charge is 0.241 e. The van der Waals surface area contributed by atoms with Crippen molar-refractivity contribution in [3.63, 3.8) is 0 Å². The predicted octanol–water partition coefficient (Wildman–Crippen LogP) is 2.37. The summed E-state index contributed by atoms with van der Waals surface area (Å²) in [5.74, 6) is 0.226. The molecule has 23 heavy (non-hydrogen) atoms. The Morgan fingerprint density at radius 1 is 1.30 bits per heavy atom. The minimum absolute atomic E-state index is 0. The number of fused-ring (bicyclic) bond motifs is 1. The zero-order valence-electron chi connectivity index (χ0n) is 13.0. The summed E-state index contributed by atoms with van der Waals surface area (Å²) in [7, 11) is -3.58. The number of benzene rings is 1. The van der Waals surface area contributed by atoms with Gasteiger partial charge in [-0.05, 0) is 56.0 Å². The summed E-state index contributed by atoms with van der Waals surface area (Å²) in [6.45, 7) is 2.45. The maximum absolute atomic E-state index is 12.8. The second-order valence-corrected chi connectivity index (χ2v) is 7.62. The number of nitrogens with one attached hydrogen (secondary N) is 1. The van der Waals surface area contributed by atoms with Crippen LogP contribution < -0.4 is 10.5 Å². The van der Waals surface area contributed by atoms with Gasteiger partial charge in [0.05, 0.1) is 10.4 Å². The third kappa shape index (κ3) is 3.50. The molecular weight excluding hydrogens is 334 g/mol. The fourth-order valence-corrected chi connectivity index (χ4v) is 4.80. The van der Waals surface area contributed by atoms with Crippen molar-refractivity contribution in [2.24, 2.45) is 11.7 Å². The minimum Gasteiger partial charge on any atom is -0.330 e. The van der Waals surface area contributed by atoms with E-state index in [-0.39, 0.29) is 24.4 Å². The summed E-state index contributed by atoms with van der Waals surface area (Å²) < 4.78 is 28.4. The van der Waals surface area contributed by atoms with Crippen LogP contribution in [0, 0.1) is 12.8 Å². The number of nitrogens with two attached hydrogens (primary N) is 1. The van der Waals surface area contributed by atoms with Crippen LogP contribution in [0.2, 0.25) is 0 Å². The lowest BCUT2D eigenvalue weighted by Crippen LogP contribution is -2.39. The number of rotatable bonds is 4. The quantitative estimate of drug-likeness (QED) is 0.881. The first-order valence-corrected chi connectivity index (χ1v) is 9.08. The summed E-state index contributed by atoms with van der Waals surface area (Å²) in [6.07, 6.45) is 4.54. The number of aromatic nitrogens is 1. The highest BCUT2D eigenvalue weighted by Crippen LogP contribution is 2.28. The lowest BCUT2D eigenvalue weighted by atomic mass is 10.1. The Bertz CT molecular complexity index is 795. The highest BCUT2D eigenvalue weighted by atomic mass is 35.5. The first kappa shape index (κ1) is 18.1. The molecule has 3 rings (SSSR count). The van der Waals surface area contributed by atoms with Crippen LogP contribution in [0.3, 0.4) is 0 Å². The molecule has 5 nitrogen and oxygen atoms in total. The van der Waals surface area contributed by atoms with Crippen molar-refractivity contribution >= 4 is 33.3 Å². The van der Waals surface area contributed by atoms with Gasteiger partial charge in [-0.25, -0.2) is 13.1 Å². The second-order valence-electron chi connectivity index (χ2n) is 5.93. The first-order valence-electron chi connectivity index (χ1n) is 7.59. The summed E-state index contributed by atoms with van der Waals surface area (Å²) in [5, 5.41) is 0.664. The van der Waals surface area contributed by atoms with Gasteiger partial charge in [0.1, 0.15) is 0 Å². The number of nitrogens with zero attached hydrogens (tertiary/aromatic N) is 1. The van der Waals surface area contributed by atoms with Gasteiger partial charge in [0.15, 0.2) is 0 Å². The van der Waals surface area contributed by atoms with E-state index < -0.39 is 10.0 Å². The van der Waals surface area contributed by atoms with Gasteiger partial charge >= 0.3 is 0 Å². The SMILES string of the molecule is Cc1ccc(S(=O)(=O)NC2CCCC2CN)c2cccnc12.Cl. The molecule has 0 bridgehead atoms. The van der Waals surface area contributed by atoms with Crippen molar-refractivity contribution in [3.8, 4) is 0 Å². The Labute approximate surface area is 143 Å². The molecule has 1 heterocycles. The van der Waals surface area contributed by atoms with E-state index >= 15 is 0 Å². The van der Waals surface area contributed by atoms with Gasteiger partial charge in [0, 0.05) is 17.6 Å². The highest BCUT2D eigenvalue weighted by Gasteiger charge is 2.31. The molecule has 3 N–H and O–H groups in total. The highest BCUT2D eigenvalue weighted by molar-refractivity contribution is 7.89. The molecule has 0 amide bonds. The monoisotopic (exact) mass is 355 g/mol. The van der Waals surface area contributed by atoms with Gasteiger partial charge in [0.2, 0.25) is 10.0 Å². The largest absolute Gasteiger partial charge is 0.330 e. The summed E-state index contributed by atoms with van der Waals surface area (Å²) in [4.78, 5) is 4.60. The number of hydrogen-bond donors (Lipinski definition) is 2. The number of aryl methyl sites for hydroxylation is 1. The van der Waals surface area contributed by atoms with E-state index in [1.165, 1.54) is 0 Å². The van der Waals surface area contributed by atoms with E-state index in [2.05, 4.69) is 9.71 Å². The van der Waals surface area contributed by atoms with Gasteiger partial charge in [-0.1, -0.05) is 12.5 Å². The van der Waals surface area contributed by atoms with Gasteiger partial charge in [0.25, 0.3) is 0 Å². The zero-order chi connectivity index (χ0) is 15.7. The number of sulfonamides is 1. The molecule has 1 aliphatic rings. The fourth-order valence-electron chi connectivity index (χ4n) is 3.26. The molecule has 126 valence electrons. The standard InChI is InChI=1S/C16H21N3O2S.ClH/c1-11-7-8-15(13-5-3-9-18-16(11)13)22(20,21)19-14-6-2-4-12(14)10-17;/h3,5,7-9,12,14,19H,2,4,6,10,17H2,1H3;1H. The molecule has 7 heteroatoms. The molecule has 1 aromatic carbocycles. The van der Waals surface area contributed by atoms with E-state index in [9.17, 15) is 8.42 Å². The molecule has 1 saturated carbocycles. The van der Waals surface area contributed by atoms with Crippen LogP contribution in [-0.4, -0.2) is 26.0 Å². The Kier molecular flexibility index (Phi) is 5.62. The van der Waals surface area contributed by atoms with Gasteiger partial charge in [-0.2, -0.15) is 0 Å². The van der Waals surface area contributed by atoms with E-state index in [0.29, 0.717) is 16.8 Å². The Hall–Kier alpha value is -1.21. The van der Waals surface area contributed by atoms with Crippen LogP contribution >= 0.6 is 12.4 Å². The average molecular weight is 356 g/mol. The van der Waals surface area contributed by atoms with Crippen LogP contribution in [0.4, 0.5) is 0 Å². The molecule has 0 spiro atoms. The lowest BCUT2D eigenvalue weighted by molar-refractivity contribution is 0.453. The minimum atomic E-state index is -3.58. The third-order valence-corrected chi connectivity index (χ3v) is 6.04. The average Bonchev–Trinajstić information content (AvgIpc) is 2.94. The summed E-state index contributed by atoms with van der Waals surface area (Å²) in [5.41, 5.74) is 7.44. The molecule has 2 atom stereocenters. The molecule has 1 fully saturated rings. The molecular formula is C16H22ClN3O2S. The Balaban J connectivity index is 0.00000192. The van der Waals surface area contributed by atoms with E-state index in [1.54, 1.807) is 30.5 Å². The molecule has 2 aromatic rings. The van der Waals surface area contributed by atoms with Crippen LogP contribution in [-0.2, 0) is 10.0 Å². The summed E-state index contributed by atoms with van der Waals surface area (Å²) in [6, 6.07) is 6.97. The lowest BCUT2D eigenvalue weighted by Gasteiger charge is -2.20. The Morgan fingerprint density at radius 3 is 2.83 bits per heavy atom. The van der Waals surface area contributed by atoms with Gasteiger partial charge < -0.3 is 5.73 Å². The van der Waals surface area contributed by atoms with E-state index in [4.69, 9.17) is 5.73 Å². The number of pyridine rings is 1. The van der Waals surface area contributed by atoms with E-state index in [1.807, 2.05) is 6.92 Å². The van der Waals surface area contributed by atoms with Gasteiger partial charge in [-0.15, -0.1) is 12.4 Å². The normalized spacial score (nSPS) is 21.3. The van der Waals surface area contributed by atoms with E-state index in [0.717, 1.165) is 30.3 Å².